The van der Waals surface area contributed by atoms with Gasteiger partial charge in [0.1, 0.15) is 5.75 Å². The van der Waals surface area contributed by atoms with Crippen LogP contribution in [0.25, 0.3) is 0 Å². The molecule has 0 aromatic heterocycles. The topological polar surface area (TPSA) is 47.9 Å². The van der Waals surface area contributed by atoms with E-state index in [9.17, 15) is 5.11 Å². The minimum atomic E-state index is -1.72. The van der Waals surface area contributed by atoms with Gasteiger partial charge in [-0.15, -0.1) is 0 Å². The Labute approximate surface area is 134 Å². The summed E-state index contributed by atoms with van der Waals surface area (Å²) in [4.78, 5) is 0. The molecule has 0 bridgehead atoms. The Morgan fingerprint density at radius 3 is 2.14 bits per heavy atom. The molecule has 4 nitrogen and oxygen atoms in total. The maximum atomic E-state index is 10.4. The Bertz CT molecular complexity index is 376. The number of para-hydroxylation sites is 1. The molecule has 1 aromatic rings. The molecule has 0 saturated carbocycles. The molecule has 0 fully saturated rings. The number of benzene rings is 1. The second kappa shape index (κ2) is 10.6. The van der Waals surface area contributed by atoms with Crippen molar-refractivity contribution >= 4 is 0 Å². The zero-order valence-electron chi connectivity index (χ0n) is 14.1. The van der Waals surface area contributed by atoms with Crippen LogP contribution in [0.3, 0.4) is 0 Å². The predicted molar refractivity (Wildman–Crippen MR) is 87.8 cm³/mol. The Kier molecular flexibility index (Phi) is 9.13. The molecule has 0 radical (unpaired) electrons. The highest BCUT2D eigenvalue weighted by Gasteiger charge is 2.39. The van der Waals surface area contributed by atoms with Gasteiger partial charge in [0.2, 0.25) is 0 Å². The molecule has 1 unspecified atom stereocenters. The quantitative estimate of drug-likeness (QED) is 0.466. The summed E-state index contributed by atoms with van der Waals surface area (Å²) in [5.41, 5.74) is 0. The summed E-state index contributed by atoms with van der Waals surface area (Å²) >= 11 is 0. The summed E-state index contributed by atoms with van der Waals surface area (Å²) in [6.07, 6.45) is 7.21. The summed E-state index contributed by atoms with van der Waals surface area (Å²) in [5, 5.41) is 10.4. The maximum absolute atomic E-state index is 10.4. The number of rotatable bonds is 12. The molecule has 0 aliphatic carbocycles. The molecule has 1 N–H and O–H groups in total. The van der Waals surface area contributed by atoms with E-state index in [1.54, 1.807) is 0 Å². The number of hydrogen-bond acceptors (Lipinski definition) is 4. The SMILES string of the molecule is CCCCCCCCC(Oc1ccccc1)C(O)(OC)OC. The van der Waals surface area contributed by atoms with Crippen molar-refractivity contribution in [2.24, 2.45) is 0 Å². The lowest BCUT2D eigenvalue weighted by molar-refractivity contribution is -0.374. The van der Waals surface area contributed by atoms with Gasteiger partial charge in [0.25, 0.3) is 0 Å². The van der Waals surface area contributed by atoms with Gasteiger partial charge in [-0.3, -0.25) is 0 Å². The smallest absolute Gasteiger partial charge is 0.319 e. The monoisotopic (exact) mass is 310 g/mol. The third-order valence-corrected chi connectivity index (χ3v) is 3.83. The average Bonchev–Trinajstić information content (AvgIpc) is 2.57. The molecule has 0 aliphatic rings. The first-order chi connectivity index (χ1) is 10.7. The lowest BCUT2D eigenvalue weighted by Gasteiger charge is -2.33. The van der Waals surface area contributed by atoms with E-state index in [1.807, 2.05) is 30.3 Å². The van der Waals surface area contributed by atoms with Crippen molar-refractivity contribution < 1.29 is 19.3 Å². The fourth-order valence-electron chi connectivity index (χ4n) is 2.44. The van der Waals surface area contributed by atoms with E-state index in [2.05, 4.69) is 6.92 Å². The van der Waals surface area contributed by atoms with Crippen molar-refractivity contribution in [2.75, 3.05) is 14.2 Å². The van der Waals surface area contributed by atoms with Crippen molar-refractivity contribution in [1.29, 1.82) is 0 Å². The van der Waals surface area contributed by atoms with Crippen molar-refractivity contribution in [3.63, 3.8) is 0 Å². The zero-order chi connectivity index (χ0) is 16.3. The summed E-state index contributed by atoms with van der Waals surface area (Å²) < 4.78 is 16.1. The minimum absolute atomic E-state index is 0.559. The molecule has 1 aromatic carbocycles. The number of methoxy groups -OCH3 is 2. The summed E-state index contributed by atoms with van der Waals surface area (Å²) in [7, 11) is 2.85. The fourth-order valence-corrected chi connectivity index (χ4v) is 2.44. The summed E-state index contributed by atoms with van der Waals surface area (Å²) in [6.45, 7) is 2.21. The van der Waals surface area contributed by atoms with E-state index in [4.69, 9.17) is 14.2 Å². The molecule has 0 aliphatic heterocycles. The van der Waals surface area contributed by atoms with Gasteiger partial charge >= 0.3 is 5.97 Å². The van der Waals surface area contributed by atoms with Gasteiger partial charge in [0.05, 0.1) is 0 Å². The van der Waals surface area contributed by atoms with E-state index >= 15 is 0 Å². The molecule has 1 atom stereocenters. The molecular formula is C18H30O4. The maximum Gasteiger partial charge on any atom is 0.319 e. The Hall–Kier alpha value is -1.10. The Morgan fingerprint density at radius 1 is 0.955 bits per heavy atom. The van der Waals surface area contributed by atoms with Crippen LogP contribution < -0.4 is 4.74 Å². The standard InChI is InChI=1S/C18H30O4/c1-4-5-6-7-8-12-15-17(18(19,20-2)21-3)22-16-13-10-9-11-14-16/h9-11,13-14,17,19H,4-8,12,15H2,1-3H3. The van der Waals surface area contributed by atoms with Gasteiger partial charge in [-0.25, -0.2) is 0 Å². The van der Waals surface area contributed by atoms with Crippen LogP contribution in [0.1, 0.15) is 51.9 Å². The molecule has 22 heavy (non-hydrogen) atoms. The average molecular weight is 310 g/mol. The third-order valence-electron chi connectivity index (χ3n) is 3.83. The predicted octanol–water partition coefficient (Wildman–Crippen LogP) is 4.12. The van der Waals surface area contributed by atoms with Crippen LogP contribution in [0.2, 0.25) is 0 Å². The van der Waals surface area contributed by atoms with Crippen molar-refractivity contribution in [1.82, 2.24) is 0 Å². The van der Waals surface area contributed by atoms with Crippen LogP contribution in [0, 0.1) is 0 Å². The summed E-state index contributed by atoms with van der Waals surface area (Å²) in [5.74, 6) is -1.02. The summed E-state index contributed by atoms with van der Waals surface area (Å²) in [6, 6.07) is 9.44. The minimum Gasteiger partial charge on any atom is -0.482 e. The molecule has 4 heteroatoms. The normalized spacial score (nSPS) is 13.1. The van der Waals surface area contributed by atoms with E-state index in [1.165, 1.54) is 39.9 Å². The number of unbranched alkanes of at least 4 members (excludes halogenated alkanes) is 5. The highest BCUT2D eigenvalue weighted by atomic mass is 16.8. The van der Waals surface area contributed by atoms with Crippen LogP contribution in [-0.4, -0.2) is 31.4 Å². The fraction of sp³-hybridized carbons (Fsp3) is 0.667. The van der Waals surface area contributed by atoms with Crippen LogP contribution in [0.15, 0.2) is 30.3 Å². The Balaban J connectivity index is 2.55. The zero-order valence-corrected chi connectivity index (χ0v) is 14.1. The van der Waals surface area contributed by atoms with Gasteiger partial charge < -0.3 is 19.3 Å². The molecular weight excluding hydrogens is 280 g/mol. The lowest BCUT2D eigenvalue weighted by atomic mass is 10.1. The largest absolute Gasteiger partial charge is 0.482 e. The molecule has 1 rings (SSSR count). The van der Waals surface area contributed by atoms with E-state index in [-0.39, 0.29) is 0 Å². The van der Waals surface area contributed by atoms with Gasteiger partial charge in [-0.05, 0) is 25.0 Å². The third kappa shape index (κ3) is 6.34. The highest BCUT2D eigenvalue weighted by molar-refractivity contribution is 5.21. The first-order valence-corrected chi connectivity index (χ1v) is 8.20. The van der Waals surface area contributed by atoms with E-state index in [0.717, 1.165) is 12.8 Å². The number of aliphatic hydroxyl groups is 1. The van der Waals surface area contributed by atoms with Crippen molar-refractivity contribution in [3.05, 3.63) is 30.3 Å². The van der Waals surface area contributed by atoms with Crippen LogP contribution in [0.4, 0.5) is 0 Å². The van der Waals surface area contributed by atoms with Gasteiger partial charge in [0.15, 0.2) is 6.10 Å². The number of hydrogen-bond donors (Lipinski definition) is 1. The number of ether oxygens (including phenoxy) is 3. The Morgan fingerprint density at radius 2 is 1.55 bits per heavy atom. The highest BCUT2D eigenvalue weighted by Crippen LogP contribution is 2.24. The molecule has 0 spiro atoms. The van der Waals surface area contributed by atoms with Crippen LogP contribution >= 0.6 is 0 Å². The first kappa shape index (κ1) is 18.9. The molecule has 126 valence electrons. The van der Waals surface area contributed by atoms with E-state index in [0.29, 0.717) is 12.2 Å². The van der Waals surface area contributed by atoms with Gasteiger partial charge in [-0.1, -0.05) is 57.2 Å². The van der Waals surface area contributed by atoms with Crippen LogP contribution in [-0.2, 0) is 9.47 Å². The van der Waals surface area contributed by atoms with Crippen molar-refractivity contribution in [2.45, 2.75) is 63.9 Å². The van der Waals surface area contributed by atoms with Gasteiger partial charge in [0, 0.05) is 14.2 Å². The first-order valence-electron chi connectivity index (χ1n) is 8.20. The van der Waals surface area contributed by atoms with E-state index < -0.39 is 12.1 Å². The molecule has 0 heterocycles. The van der Waals surface area contributed by atoms with Crippen LogP contribution in [0.5, 0.6) is 5.75 Å². The molecule has 0 amide bonds. The van der Waals surface area contributed by atoms with Crippen molar-refractivity contribution in [3.8, 4) is 5.75 Å². The second-order valence-electron chi connectivity index (χ2n) is 5.51. The molecule has 0 saturated heterocycles. The lowest BCUT2D eigenvalue weighted by Crippen LogP contribution is -2.49. The van der Waals surface area contributed by atoms with Gasteiger partial charge in [-0.2, -0.15) is 0 Å². The second-order valence-corrected chi connectivity index (χ2v) is 5.51.